The molecule has 1 aromatic heterocycles. The molecule has 1 heterocycles. The zero-order chi connectivity index (χ0) is 30.3. The number of benzene rings is 4. The first-order valence-electron chi connectivity index (χ1n) is 15.0. The molecule has 0 N–H and O–H groups in total. The summed E-state index contributed by atoms with van der Waals surface area (Å²) in [5.74, 6) is -0.915. The summed E-state index contributed by atoms with van der Waals surface area (Å²) in [5, 5.41) is 5.87. The lowest BCUT2D eigenvalue weighted by molar-refractivity contribution is 0.0514. The van der Waals surface area contributed by atoms with E-state index in [0.717, 1.165) is 59.6 Å². The lowest BCUT2D eigenvalue weighted by atomic mass is 9.97. The summed E-state index contributed by atoms with van der Waals surface area (Å²) in [6.45, 7) is 6.87. The molecule has 4 aromatic carbocycles. The number of aromatic nitrogens is 1. The second-order valence-corrected chi connectivity index (χ2v) is 10.8. The van der Waals surface area contributed by atoms with Gasteiger partial charge in [0.25, 0.3) is 0 Å². The van der Waals surface area contributed by atoms with Crippen molar-refractivity contribution in [3.63, 3.8) is 0 Å². The van der Waals surface area contributed by atoms with Gasteiger partial charge in [-0.05, 0) is 80.8 Å². The van der Waals surface area contributed by atoms with Gasteiger partial charge in [-0.2, -0.15) is 0 Å². The number of unbranched alkanes of at least 4 members (excludes halogenated alkanes) is 3. The highest BCUT2D eigenvalue weighted by molar-refractivity contribution is 6.46. The largest absolute Gasteiger partial charge is 0.365 e. The van der Waals surface area contributed by atoms with Crippen LogP contribution in [-0.2, 0) is 11.4 Å². The maximum absolute atomic E-state index is 13.8. The summed E-state index contributed by atoms with van der Waals surface area (Å²) in [6.07, 6.45) is 4.25. The summed E-state index contributed by atoms with van der Waals surface area (Å²) in [6, 6.07) is 27.6. The topological polar surface area (TPSA) is 77.7 Å². The molecule has 0 bridgehead atoms. The number of Topliss-reactive ketones (excluding diaryl/α,β-unsaturated/α-hetero) is 1. The van der Waals surface area contributed by atoms with Gasteiger partial charge in [0.1, 0.15) is 5.71 Å². The zero-order valence-corrected chi connectivity index (χ0v) is 24.9. The Bertz CT molecular complexity index is 1830. The Morgan fingerprint density at radius 2 is 1.37 bits per heavy atom. The number of rotatable bonds is 12. The summed E-state index contributed by atoms with van der Waals surface area (Å²) in [5.41, 5.74) is 5.22. The number of hydrogen-bond donors (Lipinski definition) is 0. The Hall–Kier alpha value is -4.84. The van der Waals surface area contributed by atoms with Crippen molar-refractivity contribution in [2.45, 2.75) is 59.4 Å². The summed E-state index contributed by atoms with van der Waals surface area (Å²) in [7, 11) is 0. The summed E-state index contributed by atoms with van der Waals surface area (Å²) in [4.78, 5) is 45.1. The molecule has 6 nitrogen and oxygen atoms in total. The number of hydrogen-bond acceptors (Lipinski definition) is 5. The van der Waals surface area contributed by atoms with Crippen molar-refractivity contribution in [3.8, 4) is 0 Å². The third kappa shape index (κ3) is 6.33. The van der Waals surface area contributed by atoms with Crippen LogP contribution in [-0.4, -0.2) is 27.8 Å². The van der Waals surface area contributed by atoms with Crippen LogP contribution < -0.4 is 0 Å². The number of carbonyl (C=O) groups excluding carboxylic acids is 3. The maximum Gasteiger partial charge on any atom is 0.365 e. The first-order chi connectivity index (χ1) is 20.9. The van der Waals surface area contributed by atoms with E-state index in [4.69, 9.17) is 4.84 Å². The SMILES string of the molecule is CCCCCCC(=NOC(=O)c1ccccc1)C(=O)c1ccc2c(c1)c1cc(C(=O)c3ccccc3C)ccc1n2CC. The molecule has 0 unspecified atom stereocenters. The van der Waals surface area contributed by atoms with Crippen LogP contribution in [0.4, 0.5) is 0 Å². The average Bonchev–Trinajstić information content (AvgIpc) is 3.36. The van der Waals surface area contributed by atoms with Crippen LogP contribution in [0.15, 0.2) is 96.2 Å². The van der Waals surface area contributed by atoms with Gasteiger partial charge in [-0.1, -0.05) is 73.8 Å². The molecule has 0 amide bonds. The van der Waals surface area contributed by atoms with Crippen molar-refractivity contribution >= 4 is 45.1 Å². The van der Waals surface area contributed by atoms with Crippen LogP contribution in [0.25, 0.3) is 21.8 Å². The van der Waals surface area contributed by atoms with Crippen molar-refractivity contribution in [2.75, 3.05) is 0 Å². The van der Waals surface area contributed by atoms with Gasteiger partial charge in [0.2, 0.25) is 5.78 Å². The minimum atomic E-state index is -0.605. The van der Waals surface area contributed by atoms with E-state index in [9.17, 15) is 14.4 Å². The predicted molar refractivity (Wildman–Crippen MR) is 172 cm³/mol. The molecule has 0 radical (unpaired) electrons. The van der Waals surface area contributed by atoms with Crippen LogP contribution >= 0.6 is 0 Å². The summed E-state index contributed by atoms with van der Waals surface area (Å²) >= 11 is 0. The molecule has 0 saturated heterocycles. The third-order valence-electron chi connectivity index (χ3n) is 7.87. The predicted octanol–water partition coefficient (Wildman–Crippen LogP) is 8.72. The maximum atomic E-state index is 13.8. The lowest BCUT2D eigenvalue weighted by Gasteiger charge is -2.07. The molecule has 218 valence electrons. The van der Waals surface area contributed by atoms with E-state index < -0.39 is 5.97 Å². The molecular formula is C37H36N2O4. The van der Waals surface area contributed by atoms with E-state index in [1.165, 1.54) is 0 Å². The van der Waals surface area contributed by atoms with E-state index in [1.54, 1.807) is 30.3 Å². The first-order valence-corrected chi connectivity index (χ1v) is 15.0. The average molecular weight is 573 g/mol. The molecule has 0 atom stereocenters. The summed E-state index contributed by atoms with van der Waals surface area (Å²) < 4.78 is 2.18. The first kappa shape index (κ1) is 29.6. The second kappa shape index (κ2) is 13.4. The Morgan fingerprint density at radius 1 is 0.721 bits per heavy atom. The van der Waals surface area contributed by atoms with Gasteiger partial charge in [-0.15, -0.1) is 0 Å². The quantitative estimate of drug-likeness (QED) is 0.0492. The zero-order valence-electron chi connectivity index (χ0n) is 24.9. The van der Waals surface area contributed by atoms with Gasteiger partial charge in [0.15, 0.2) is 5.78 Å². The lowest BCUT2D eigenvalue weighted by Crippen LogP contribution is -2.16. The molecule has 0 saturated carbocycles. The number of carbonyl (C=O) groups is 3. The second-order valence-electron chi connectivity index (χ2n) is 10.8. The van der Waals surface area contributed by atoms with Crippen molar-refractivity contribution in [2.24, 2.45) is 5.16 Å². The number of oxime groups is 1. The monoisotopic (exact) mass is 572 g/mol. The Kier molecular flexibility index (Phi) is 9.26. The highest BCUT2D eigenvalue weighted by Gasteiger charge is 2.20. The van der Waals surface area contributed by atoms with Gasteiger partial charge in [0.05, 0.1) is 5.56 Å². The van der Waals surface area contributed by atoms with Crippen LogP contribution in [0.1, 0.15) is 88.2 Å². The molecule has 0 aliphatic carbocycles. The van der Waals surface area contributed by atoms with E-state index in [1.807, 2.05) is 67.6 Å². The van der Waals surface area contributed by atoms with Crippen LogP contribution in [0, 0.1) is 6.92 Å². The van der Waals surface area contributed by atoms with E-state index in [2.05, 4.69) is 23.6 Å². The van der Waals surface area contributed by atoms with Crippen LogP contribution in [0.5, 0.6) is 0 Å². The number of aryl methyl sites for hydroxylation is 2. The Balaban J connectivity index is 1.52. The van der Waals surface area contributed by atoms with Gasteiger partial charge < -0.3 is 9.40 Å². The molecule has 0 aliphatic rings. The highest BCUT2D eigenvalue weighted by Crippen LogP contribution is 2.32. The fourth-order valence-electron chi connectivity index (χ4n) is 5.52. The Morgan fingerprint density at radius 3 is 2.05 bits per heavy atom. The molecule has 0 spiro atoms. The van der Waals surface area contributed by atoms with E-state index in [0.29, 0.717) is 28.7 Å². The minimum Gasteiger partial charge on any atom is -0.341 e. The van der Waals surface area contributed by atoms with Crippen LogP contribution in [0.2, 0.25) is 0 Å². The van der Waals surface area contributed by atoms with Crippen molar-refractivity contribution < 1.29 is 19.2 Å². The number of fused-ring (bicyclic) bond motifs is 3. The van der Waals surface area contributed by atoms with Gasteiger partial charge in [-0.3, -0.25) is 9.59 Å². The van der Waals surface area contributed by atoms with Crippen molar-refractivity contribution in [3.05, 3.63) is 119 Å². The van der Waals surface area contributed by atoms with Gasteiger partial charge >= 0.3 is 5.97 Å². The van der Waals surface area contributed by atoms with Gasteiger partial charge in [-0.25, -0.2) is 4.79 Å². The molecule has 0 fully saturated rings. The fraction of sp³-hybridized carbons (Fsp3) is 0.243. The molecule has 6 heteroatoms. The minimum absolute atomic E-state index is 0.0358. The third-order valence-corrected chi connectivity index (χ3v) is 7.87. The van der Waals surface area contributed by atoms with Crippen molar-refractivity contribution in [1.29, 1.82) is 0 Å². The Labute approximate surface area is 252 Å². The van der Waals surface area contributed by atoms with E-state index in [-0.39, 0.29) is 17.3 Å². The molecule has 5 aromatic rings. The van der Waals surface area contributed by atoms with Crippen LogP contribution in [0.3, 0.4) is 0 Å². The van der Waals surface area contributed by atoms with Crippen molar-refractivity contribution in [1.82, 2.24) is 4.57 Å². The normalized spacial score (nSPS) is 11.7. The van der Waals surface area contributed by atoms with E-state index >= 15 is 0 Å². The standard InChI is InChI=1S/C37H36N2O4/c1-4-6-7-11-18-32(38-43-37(42)26-15-9-8-10-16-26)36(41)28-20-22-34-31(24-28)30-23-27(19-21-33(30)39(34)5-2)35(40)29-17-13-12-14-25(29)3/h8-10,12-17,19-24H,4-7,11,18H2,1-3H3. The van der Waals surface area contributed by atoms with Gasteiger partial charge in [0, 0.05) is 45.0 Å². The highest BCUT2D eigenvalue weighted by atomic mass is 16.7. The molecular weight excluding hydrogens is 536 g/mol. The molecule has 5 rings (SSSR count). The molecule has 43 heavy (non-hydrogen) atoms. The fourth-order valence-corrected chi connectivity index (χ4v) is 5.52. The number of nitrogens with zero attached hydrogens (tertiary/aromatic N) is 2. The number of ketones is 2. The molecule has 0 aliphatic heterocycles. The smallest absolute Gasteiger partial charge is 0.341 e.